The van der Waals surface area contributed by atoms with Crippen molar-refractivity contribution in [1.29, 1.82) is 0 Å². The van der Waals surface area contributed by atoms with Crippen molar-refractivity contribution in [2.45, 2.75) is 19.4 Å². The number of nitrogens with two attached hydrogens (primary N) is 1. The number of hydrazine groups is 1. The molecule has 0 amide bonds. The molecule has 1 atom stereocenters. The van der Waals surface area contributed by atoms with Crippen molar-refractivity contribution in [3.8, 4) is 5.75 Å². The summed E-state index contributed by atoms with van der Waals surface area (Å²) in [6.45, 7) is 2.04. The number of hydrogen-bond acceptors (Lipinski definition) is 4. The van der Waals surface area contributed by atoms with Gasteiger partial charge in [-0.05, 0) is 30.5 Å². The first-order valence-corrected chi connectivity index (χ1v) is 6.24. The maximum absolute atomic E-state index is 5.71. The number of methoxy groups -OCH3 is 1. The van der Waals surface area contributed by atoms with Crippen LogP contribution in [0, 0.1) is 6.92 Å². The summed E-state index contributed by atoms with van der Waals surface area (Å²) in [5.74, 6) is 6.59. The van der Waals surface area contributed by atoms with Gasteiger partial charge < -0.3 is 4.74 Å². The normalized spacial score (nSPS) is 12.4. The first kappa shape index (κ1) is 13.6. The maximum Gasteiger partial charge on any atom is 0.122 e. The minimum Gasteiger partial charge on any atom is -0.496 e. The van der Waals surface area contributed by atoms with Crippen LogP contribution in [0.1, 0.15) is 22.9 Å². The van der Waals surface area contributed by atoms with E-state index in [1.165, 1.54) is 0 Å². The van der Waals surface area contributed by atoms with Crippen molar-refractivity contribution in [2.75, 3.05) is 7.11 Å². The van der Waals surface area contributed by atoms with Crippen LogP contribution < -0.4 is 16.0 Å². The number of aryl methyl sites for hydroxylation is 2. The van der Waals surface area contributed by atoms with Crippen molar-refractivity contribution in [3.05, 3.63) is 47.3 Å². The number of nitrogens with zero attached hydrogens (tertiary/aromatic N) is 2. The second kappa shape index (κ2) is 5.86. The van der Waals surface area contributed by atoms with Gasteiger partial charge in [0.1, 0.15) is 5.75 Å². The van der Waals surface area contributed by atoms with Gasteiger partial charge in [0.15, 0.2) is 0 Å². The third-order valence-corrected chi connectivity index (χ3v) is 3.33. The van der Waals surface area contributed by atoms with Crippen molar-refractivity contribution in [1.82, 2.24) is 15.2 Å². The first-order valence-electron chi connectivity index (χ1n) is 6.24. The molecule has 1 unspecified atom stereocenters. The lowest BCUT2D eigenvalue weighted by Crippen LogP contribution is -2.31. The third-order valence-electron chi connectivity index (χ3n) is 3.33. The zero-order valence-electron chi connectivity index (χ0n) is 11.6. The second-order valence-electron chi connectivity index (χ2n) is 4.57. The van der Waals surface area contributed by atoms with Gasteiger partial charge in [-0.1, -0.05) is 18.2 Å². The Morgan fingerprint density at radius 3 is 2.74 bits per heavy atom. The Kier molecular flexibility index (Phi) is 4.19. The van der Waals surface area contributed by atoms with Crippen molar-refractivity contribution >= 4 is 0 Å². The van der Waals surface area contributed by atoms with Gasteiger partial charge in [0, 0.05) is 7.05 Å². The lowest BCUT2D eigenvalue weighted by Gasteiger charge is -2.19. The Morgan fingerprint density at radius 1 is 1.42 bits per heavy atom. The summed E-state index contributed by atoms with van der Waals surface area (Å²) in [5.41, 5.74) is 6.20. The van der Waals surface area contributed by atoms with E-state index in [-0.39, 0.29) is 6.04 Å². The monoisotopic (exact) mass is 260 g/mol. The molecule has 102 valence electrons. The van der Waals surface area contributed by atoms with Gasteiger partial charge in [-0.15, -0.1) is 0 Å². The summed E-state index contributed by atoms with van der Waals surface area (Å²) < 4.78 is 7.23. The van der Waals surface area contributed by atoms with Crippen LogP contribution in [-0.2, 0) is 13.5 Å². The van der Waals surface area contributed by atoms with Crippen molar-refractivity contribution in [3.63, 3.8) is 0 Å². The predicted molar refractivity (Wildman–Crippen MR) is 74.7 cm³/mol. The molecule has 19 heavy (non-hydrogen) atoms. The van der Waals surface area contributed by atoms with Gasteiger partial charge in [-0.3, -0.25) is 16.0 Å². The molecule has 0 aliphatic carbocycles. The minimum atomic E-state index is 0.00352. The average Bonchev–Trinajstić information content (AvgIpc) is 2.76. The second-order valence-corrected chi connectivity index (χ2v) is 4.57. The Bertz CT molecular complexity index is 531. The smallest absolute Gasteiger partial charge is 0.122 e. The molecule has 1 aromatic heterocycles. The zero-order valence-corrected chi connectivity index (χ0v) is 11.6. The molecule has 0 spiro atoms. The molecular weight excluding hydrogens is 240 g/mol. The lowest BCUT2D eigenvalue weighted by atomic mass is 10.0. The SMILES string of the molecule is COc1ccccc1CC(NN)c1c(C)cnn1C. The quantitative estimate of drug-likeness (QED) is 0.631. The molecule has 0 saturated carbocycles. The first-order chi connectivity index (χ1) is 9.17. The zero-order chi connectivity index (χ0) is 13.8. The van der Waals surface area contributed by atoms with E-state index in [2.05, 4.69) is 16.6 Å². The highest BCUT2D eigenvalue weighted by atomic mass is 16.5. The molecule has 3 N–H and O–H groups in total. The van der Waals surface area contributed by atoms with Crippen LogP contribution in [0.2, 0.25) is 0 Å². The summed E-state index contributed by atoms with van der Waals surface area (Å²) in [7, 11) is 3.61. The van der Waals surface area contributed by atoms with E-state index in [9.17, 15) is 0 Å². The van der Waals surface area contributed by atoms with E-state index in [0.29, 0.717) is 0 Å². The molecule has 1 aromatic carbocycles. The maximum atomic E-state index is 5.71. The number of benzene rings is 1. The Hall–Kier alpha value is -1.85. The summed E-state index contributed by atoms with van der Waals surface area (Å²) in [6, 6.07) is 7.97. The van der Waals surface area contributed by atoms with Gasteiger partial charge in [-0.25, -0.2) is 0 Å². The van der Waals surface area contributed by atoms with E-state index in [1.54, 1.807) is 7.11 Å². The van der Waals surface area contributed by atoms with Crippen LogP contribution in [0.4, 0.5) is 0 Å². The molecule has 0 saturated heterocycles. The molecule has 2 aromatic rings. The summed E-state index contributed by atoms with van der Waals surface area (Å²) in [5, 5.41) is 4.26. The van der Waals surface area contributed by atoms with Gasteiger partial charge >= 0.3 is 0 Å². The molecule has 0 aliphatic rings. The van der Waals surface area contributed by atoms with Crippen LogP contribution >= 0.6 is 0 Å². The molecule has 2 rings (SSSR count). The topological polar surface area (TPSA) is 65.1 Å². The highest BCUT2D eigenvalue weighted by Gasteiger charge is 2.18. The number of ether oxygens (including phenoxy) is 1. The number of rotatable bonds is 5. The van der Waals surface area contributed by atoms with Crippen molar-refractivity contribution in [2.24, 2.45) is 12.9 Å². The summed E-state index contributed by atoms with van der Waals surface area (Å²) in [6.07, 6.45) is 2.60. The highest BCUT2D eigenvalue weighted by Crippen LogP contribution is 2.25. The number of para-hydroxylation sites is 1. The lowest BCUT2D eigenvalue weighted by molar-refractivity contribution is 0.404. The van der Waals surface area contributed by atoms with E-state index < -0.39 is 0 Å². The third kappa shape index (κ3) is 2.77. The van der Waals surface area contributed by atoms with Crippen LogP contribution in [0.3, 0.4) is 0 Å². The fraction of sp³-hybridized carbons (Fsp3) is 0.357. The van der Waals surface area contributed by atoms with E-state index in [4.69, 9.17) is 10.6 Å². The van der Waals surface area contributed by atoms with E-state index in [1.807, 2.05) is 43.0 Å². The van der Waals surface area contributed by atoms with Crippen LogP contribution in [-0.4, -0.2) is 16.9 Å². The van der Waals surface area contributed by atoms with E-state index in [0.717, 1.165) is 29.0 Å². The Morgan fingerprint density at radius 2 is 2.16 bits per heavy atom. The predicted octanol–water partition coefficient (Wildman–Crippen LogP) is 1.48. The van der Waals surface area contributed by atoms with Gasteiger partial charge in [0.2, 0.25) is 0 Å². The van der Waals surface area contributed by atoms with Gasteiger partial charge in [0.05, 0.1) is 25.0 Å². The van der Waals surface area contributed by atoms with Crippen LogP contribution in [0.5, 0.6) is 5.75 Å². The molecule has 5 nitrogen and oxygen atoms in total. The molecule has 0 radical (unpaired) electrons. The number of nitrogens with one attached hydrogen (secondary N) is 1. The average molecular weight is 260 g/mol. The summed E-state index contributed by atoms with van der Waals surface area (Å²) >= 11 is 0. The van der Waals surface area contributed by atoms with Gasteiger partial charge in [0.25, 0.3) is 0 Å². The van der Waals surface area contributed by atoms with Gasteiger partial charge in [-0.2, -0.15) is 5.10 Å². The van der Waals surface area contributed by atoms with Crippen LogP contribution in [0.25, 0.3) is 0 Å². The number of hydrogen-bond donors (Lipinski definition) is 2. The fourth-order valence-corrected chi connectivity index (χ4v) is 2.38. The molecule has 0 fully saturated rings. The number of aromatic nitrogens is 2. The minimum absolute atomic E-state index is 0.00352. The highest BCUT2D eigenvalue weighted by molar-refractivity contribution is 5.35. The van der Waals surface area contributed by atoms with E-state index >= 15 is 0 Å². The standard InChI is InChI=1S/C14H20N4O/c1-10-9-16-18(2)14(10)12(17-15)8-11-6-4-5-7-13(11)19-3/h4-7,9,12,17H,8,15H2,1-3H3. The molecule has 5 heteroatoms. The summed E-state index contributed by atoms with van der Waals surface area (Å²) in [4.78, 5) is 0. The molecular formula is C14H20N4O. The largest absolute Gasteiger partial charge is 0.496 e. The Labute approximate surface area is 113 Å². The van der Waals surface area contributed by atoms with Crippen LogP contribution in [0.15, 0.2) is 30.5 Å². The molecule has 1 heterocycles. The Balaban J connectivity index is 2.29. The molecule has 0 aliphatic heterocycles. The van der Waals surface area contributed by atoms with Crippen molar-refractivity contribution < 1.29 is 4.74 Å². The molecule has 0 bridgehead atoms. The fourth-order valence-electron chi connectivity index (χ4n) is 2.38.